The Labute approximate surface area is 179 Å². The van der Waals surface area contributed by atoms with Crippen LogP contribution in [0, 0.1) is 5.92 Å². The topological polar surface area (TPSA) is 46.9 Å². The molecule has 1 amide bonds. The van der Waals surface area contributed by atoms with Gasteiger partial charge in [-0.3, -0.25) is 4.79 Å². The smallest absolute Gasteiger partial charge is 0.242 e. The van der Waals surface area contributed by atoms with Crippen molar-refractivity contribution in [2.24, 2.45) is 5.92 Å². The lowest BCUT2D eigenvalue weighted by Crippen LogP contribution is -2.34. The quantitative estimate of drug-likeness (QED) is 0.519. The second-order valence-corrected chi connectivity index (χ2v) is 8.46. The Kier molecular flexibility index (Phi) is 6.54. The molecule has 3 rings (SSSR count). The Morgan fingerprint density at radius 3 is 2.43 bits per heavy atom. The Morgan fingerprint density at radius 2 is 1.75 bits per heavy atom. The van der Waals surface area contributed by atoms with Gasteiger partial charge in [-0.2, -0.15) is 0 Å². The number of nitrogens with one attached hydrogen (secondary N) is 1. The summed E-state index contributed by atoms with van der Waals surface area (Å²) in [5, 5.41) is 4.51. The summed E-state index contributed by atoms with van der Waals surface area (Å²) in [6.07, 6.45) is 0.491. The first-order valence-electron chi connectivity index (χ1n) is 9.15. The van der Waals surface area contributed by atoms with Gasteiger partial charge in [-0.05, 0) is 36.6 Å². The summed E-state index contributed by atoms with van der Waals surface area (Å²) in [5.41, 5.74) is 2.40. The van der Waals surface area contributed by atoms with Crippen molar-refractivity contribution in [1.29, 1.82) is 0 Å². The lowest BCUT2D eigenvalue weighted by atomic mass is 10.1. The number of amides is 1. The van der Waals surface area contributed by atoms with Crippen molar-refractivity contribution in [3.05, 3.63) is 62.9 Å². The van der Waals surface area contributed by atoms with Crippen LogP contribution in [-0.4, -0.2) is 22.0 Å². The highest BCUT2D eigenvalue weighted by Gasteiger charge is 2.23. The molecule has 28 heavy (non-hydrogen) atoms. The summed E-state index contributed by atoms with van der Waals surface area (Å²) in [5.74, 6) is 1.03. The molecule has 3 aromatic rings. The van der Waals surface area contributed by atoms with E-state index in [0.29, 0.717) is 39.5 Å². The van der Waals surface area contributed by atoms with Crippen molar-refractivity contribution in [3.63, 3.8) is 0 Å². The number of imidazole rings is 1. The number of nitrogens with zero attached hydrogens (tertiary/aromatic N) is 2. The summed E-state index contributed by atoms with van der Waals surface area (Å²) in [6, 6.07) is 10.6. The van der Waals surface area contributed by atoms with Crippen LogP contribution >= 0.6 is 34.8 Å². The first kappa shape index (κ1) is 21.0. The summed E-state index contributed by atoms with van der Waals surface area (Å²) >= 11 is 18.8. The number of carbonyl (C=O) groups excluding carboxylic acids is 1. The molecule has 1 atom stereocenters. The molecule has 0 saturated carbocycles. The molecule has 2 aromatic carbocycles. The van der Waals surface area contributed by atoms with Gasteiger partial charge in [0.15, 0.2) is 0 Å². The molecule has 0 saturated heterocycles. The van der Waals surface area contributed by atoms with Gasteiger partial charge in [0.25, 0.3) is 0 Å². The van der Waals surface area contributed by atoms with Crippen LogP contribution in [0.3, 0.4) is 0 Å². The Bertz CT molecular complexity index is 1010. The van der Waals surface area contributed by atoms with E-state index in [1.54, 1.807) is 12.1 Å². The van der Waals surface area contributed by atoms with Crippen molar-refractivity contribution in [2.45, 2.75) is 33.2 Å². The second kappa shape index (κ2) is 8.73. The molecule has 0 aliphatic carbocycles. The van der Waals surface area contributed by atoms with Gasteiger partial charge >= 0.3 is 0 Å². The number of rotatable bonds is 6. The highest BCUT2D eigenvalue weighted by Crippen LogP contribution is 2.31. The molecule has 1 aromatic heterocycles. The molecule has 148 valence electrons. The average molecular weight is 439 g/mol. The van der Waals surface area contributed by atoms with Gasteiger partial charge < -0.3 is 9.88 Å². The van der Waals surface area contributed by atoms with E-state index in [9.17, 15) is 4.79 Å². The van der Waals surface area contributed by atoms with E-state index < -0.39 is 6.04 Å². The fraction of sp³-hybridized carbons (Fsp3) is 0.333. The molecule has 0 spiro atoms. The number of aromatic nitrogens is 2. The largest absolute Gasteiger partial charge is 0.354 e. The molecule has 7 heteroatoms. The fourth-order valence-corrected chi connectivity index (χ4v) is 3.60. The molecule has 0 bridgehead atoms. The molecule has 0 fully saturated rings. The van der Waals surface area contributed by atoms with E-state index in [1.165, 1.54) is 0 Å². The predicted octanol–water partition coefficient (Wildman–Crippen LogP) is 5.92. The van der Waals surface area contributed by atoms with E-state index in [-0.39, 0.29) is 5.91 Å². The molecule has 4 nitrogen and oxygen atoms in total. The van der Waals surface area contributed by atoms with Crippen LogP contribution in [0.2, 0.25) is 15.1 Å². The van der Waals surface area contributed by atoms with Crippen LogP contribution in [-0.2, 0) is 11.2 Å². The van der Waals surface area contributed by atoms with Gasteiger partial charge in [0, 0.05) is 18.0 Å². The number of benzene rings is 2. The van der Waals surface area contributed by atoms with Crippen LogP contribution < -0.4 is 5.32 Å². The van der Waals surface area contributed by atoms with Crippen LogP contribution in [0.1, 0.15) is 38.2 Å². The minimum Gasteiger partial charge on any atom is -0.354 e. The number of halogens is 3. The molecule has 1 N–H and O–H groups in total. The predicted molar refractivity (Wildman–Crippen MR) is 117 cm³/mol. The van der Waals surface area contributed by atoms with E-state index >= 15 is 0 Å². The van der Waals surface area contributed by atoms with Crippen LogP contribution in [0.4, 0.5) is 0 Å². The third kappa shape index (κ3) is 4.45. The lowest BCUT2D eigenvalue weighted by Gasteiger charge is -2.19. The third-order valence-electron chi connectivity index (χ3n) is 4.56. The van der Waals surface area contributed by atoms with Gasteiger partial charge in [-0.25, -0.2) is 4.98 Å². The van der Waals surface area contributed by atoms with Crippen LogP contribution in [0.25, 0.3) is 11.0 Å². The van der Waals surface area contributed by atoms with Crippen molar-refractivity contribution in [3.8, 4) is 0 Å². The number of hydrogen-bond acceptors (Lipinski definition) is 2. The highest BCUT2D eigenvalue weighted by molar-refractivity contribution is 6.42. The zero-order valence-corrected chi connectivity index (χ0v) is 18.2. The molecule has 0 aliphatic heterocycles. The first-order valence-corrected chi connectivity index (χ1v) is 10.3. The fourth-order valence-electron chi connectivity index (χ4n) is 3.08. The van der Waals surface area contributed by atoms with E-state index in [1.807, 2.05) is 35.8 Å². The lowest BCUT2D eigenvalue weighted by molar-refractivity contribution is -0.124. The second-order valence-electron chi connectivity index (χ2n) is 7.24. The SMILES string of the molecule is CC(C)CNC(=O)[C@@H](C)n1c(Cc2ccccc2Cl)nc2cc(Cl)c(Cl)cc21. The van der Waals surface area contributed by atoms with Crippen molar-refractivity contribution >= 4 is 51.7 Å². The summed E-state index contributed by atoms with van der Waals surface area (Å²) in [7, 11) is 0. The molecule has 0 aliphatic rings. The minimum atomic E-state index is -0.460. The van der Waals surface area contributed by atoms with Gasteiger partial charge in [0.2, 0.25) is 5.91 Å². The Balaban J connectivity index is 2.08. The number of carbonyl (C=O) groups is 1. The van der Waals surface area contributed by atoms with Crippen molar-refractivity contribution in [1.82, 2.24) is 14.9 Å². The zero-order chi connectivity index (χ0) is 20.4. The van der Waals surface area contributed by atoms with Crippen molar-refractivity contribution in [2.75, 3.05) is 6.54 Å². The van der Waals surface area contributed by atoms with E-state index in [0.717, 1.165) is 16.9 Å². The van der Waals surface area contributed by atoms with Crippen LogP contribution in [0.15, 0.2) is 36.4 Å². The Morgan fingerprint density at radius 1 is 1.07 bits per heavy atom. The maximum Gasteiger partial charge on any atom is 0.242 e. The molecule has 1 heterocycles. The van der Waals surface area contributed by atoms with Gasteiger partial charge in [0.05, 0.1) is 21.1 Å². The maximum absolute atomic E-state index is 12.8. The standard InChI is InChI=1S/C21H22Cl3N3O/c1-12(2)11-25-21(28)13(3)27-19-10-17(24)16(23)9-18(19)26-20(27)8-14-6-4-5-7-15(14)22/h4-7,9-10,12-13H,8,11H2,1-3H3,(H,25,28)/t13-/m1/s1. The van der Waals surface area contributed by atoms with Gasteiger partial charge in [-0.1, -0.05) is 66.8 Å². The minimum absolute atomic E-state index is 0.0699. The summed E-state index contributed by atoms with van der Waals surface area (Å²) < 4.78 is 1.91. The maximum atomic E-state index is 12.8. The Hall–Kier alpha value is -1.75. The summed E-state index contributed by atoms with van der Waals surface area (Å²) in [4.78, 5) is 17.5. The average Bonchev–Trinajstić information content (AvgIpc) is 2.98. The monoisotopic (exact) mass is 437 g/mol. The number of hydrogen-bond donors (Lipinski definition) is 1. The molecular formula is C21H22Cl3N3O. The van der Waals surface area contributed by atoms with Crippen LogP contribution in [0.5, 0.6) is 0 Å². The van der Waals surface area contributed by atoms with Crippen molar-refractivity contribution < 1.29 is 4.79 Å². The third-order valence-corrected chi connectivity index (χ3v) is 5.65. The van der Waals surface area contributed by atoms with E-state index in [2.05, 4.69) is 19.2 Å². The highest BCUT2D eigenvalue weighted by atomic mass is 35.5. The molecular weight excluding hydrogens is 417 g/mol. The number of fused-ring (bicyclic) bond motifs is 1. The normalized spacial score (nSPS) is 12.5. The molecule has 0 unspecified atom stereocenters. The van der Waals surface area contributed by atoms with E-state index in [4.69, 9.17) is 39.8 Å². The van der Waals surface area contributed by atoms with Gasteiger partial charge in [-0.15, -0.1) is 0 Å². The first-order chi connectivity index (χ1) is 13.3. The van der Waals surface area contributed by atoms with Gasteiger partial charge in [0.1, 0.15) is 11.9 Å². The molecule has 0 radical (unpaired) electrons. The zero-order valence-electron chi connectivity index (χ0n) is 16.0. The summed E-state index contributed by atoms with van der Waals surface area (Å²) in [6.45, 7) is 6.59.